The number of ether oxygens (including phenoxy) is 1. The molecule has 6 nitrogen and oxygen atoms in total. The summed E-state index contributed by atoms with van der Waals surface area (Å²) in [7, 11) is 0. The first-order chi connectivity index (χ1) is 11.7. The lowest BCUT2D eigenvalue weighted by Gasteiger charge is -2.21. The third kappa shape index (κ3) is 4.55. The first-order valence-electron chi connectivity index (χ1n) is 8.72. The van der Waals surface area contributed by atoms with Crippen LogP contribution < -0.4 is 16.0 Å². The summed E-state index contributed by atoms with van der Waals surface area (Å²) in [5.41, 5.74) is 1.71. The molecule has 0 radical (unpaired) electrons. The lowest BCUT2D eigenvalue weighted by atomic mass is 9.97. The van der Waals surface area contributed by atoms with Crippen LogP contribution in [0.15, 0.2) is 24.3 Å². The molecule has 1 unspecified atom stereocenters. The van der Waals surface area contributed by atoms with Crippen LogP contribution in [0, 0.1) is 5.92 Å². The molecular weight excluding hydrogens is 306 g/mol. The van der Waals surface area contributed by atoms with E-state index in [0.717, 1.165) is 50.0 Å². The van der Waals surface area contributed by atoms with E-state index in [1.807, 2.05) is 24.3 Å². The Balaban J connectivity index is 1.51. The normalized spacial score (nSPS) is 21.4. The average molecular weight is 331 g/mol. The number of nitrogens with one attached hydrogen (secondary N) is 3. The highest BCUT2D eigenvalue weighted by Crippen LogP contribution is 2.17. The second-order valence-corrected chi connectivity index (χ2v) is 6.43. The number of hydrogen-bond donors (Lipinski definition) is 3. The first-order valence-corrected chi connectivity index (χ1v) is 8.72. The number of benzene rings is 1. The van der Waals surface area contributed by atoms with Gasteiger partial charge in [0, 0.05) is 24.8 Å². The minimum Gasteiger partial charge on any atom is -0.368 e. The SMILES string of the molecule is O=C(NCc1cccc(NC(=O)C2CCCO2)c1)C1CCNCC1. The summed E-state index contributed by atoms with van der Waals surface area (Å²) in [5.74, 6) is 0.127. The van der Waals surface area contributed by atoms with E-state index in [2.05, 4.69) is 16.0 Å². The molecule has 1 atom stereocenters. The van der Waals surface area contributed by atoms with Gasteiger partial charge in [-0.2, -0.15) is 0 Å². The van der Waals surface area contributed by atoms with Crippen LogP contribution in [-0.4, -0.2) is 37.6 Å². The third-order valence-corrected chi connectivity index (χ3v) is 4.59. The van der Waals surface area contributed by atoms with Crippen LogP contribution in [0.25, 0.3) is 0 Å². The molecule has 1 aromatic carbocycles. The number of rotatable bonds is 5. The molecule has 6 heteroatoms. The zero-order chi connectivity index (χ0) is 16.8. The maximum Gasteiger partial charge on any atom is 0.253 e. The number of piperidine rings is 1. The monoisotopic (exact) mass is 331 g/mol. The smallest absolute Gasteiger partial charge is 0.253 e. The molecule has 130 valence electrons. The molecule has 2 aliphatic rings. The fraction of sp³-hybridized carbons (Fsp3) is 0.556. The van der Waals surface area contributed by atoms with Crippen molar-refractivity contribution >= 4 is 17.5 Å². The molecule has 2 heterocycles. The van der Waals surface area contributed by atoms with Gasteiger partial charge in [0.25, 0.3) is 5.91 Å². The van der Waals surface area contributed by atoms with Crippen LogP contribution >= 0.6 is 0 Å². The van der Waals surface area contributed by atoms with Gasteiger partial charge >= 0.3 is 0 Å². The van der Waals surface area contributed by atoms with Crippen molar-refractivity contribution in [2.75, 3.05) is 25.0 Å². The summed E-state index contributed by atoms with van der Waals surface area (Å²) in [6, 6.07) is 7.59. The number of carbonyl (C=O) groups excluding carboxylic acids is 2. The van der Waals surface area contributed by atoms with E-state index in [1.54, 1.807) is 0 Å². The van der Waals surface area contributed by atoms with Gasteiger partial charge in [-0.3, -0.25) is 9.59 Å². The highest BCUT2D eigenvalue weighted by atomic mass is 16.5. The van der Waals surface area contributed by atoms with Crippen LogP contribution in [0.5, 0.6) is 0 Å². The van der Waals surface area contributed by atoms with E-state index in [0.29, 0.717) is 13.2 Å². The molecule has 0 bridgehead atoms. The minimum atomic E-state index is -0.340. The summed E-state index contributed by atoms with van der Waals surface area (Å²) in [6.45, 7) is 2.94. The highest BCUT2D eigenvalue weighted by molar-refractivity contribution is 5.94. The standard InChI is InChI=1S/C18H25N3O3/c22-17(14-6-8-19-9-7-14)20-12-13-3-1-4-15(11-13)21-18(23)16-5-2-10-24-16/h1,3-4,11,14,16,19H,2,5-10,12H2,(H,20,22)(H,21,23). The summed E-state index contributed by atoms with van der Waals surface area (Å²) in [5, 5.41) is 9.15. The Hall–Kier alpha value is -1.92. The number of hydrogen-bond acceptors (Lipinski definition) is 4. The van der Waals surface area contributed by atoms with Crippen molar-refractivity contribution in [2.24, 2.45) is 5.92 Å². The number of anilines is 1. The fourth-order valence-corrected chi connectivity index (χ4v) is 3.18. The Bertz CT molecular complexity index is 579. The van der Waals surface area contributed by atoms with Gasteiger partial charge < -0.3 is 20.7 Å². The van der Waals surface area contributed by atoms with Gasteiger partial charge in [0.2, 0.25) is 5.91 Å². The van der Waals surface area contributed by atoms with Crippen LogP contribution in [-0.2, 0) is 20.9 Å². The Morgan fingerprint density at radius 3 is 2.75 bits per heavy atom. The maximum absolute atomic E-state index is 12.2. The Kier molecular flexibility index (Phi) is 5.82. The summed E-state index contributed by atoms with van der Waals surface area (Å²) >= 11 is 0. The molecule has 2 aliphatic heterocycles. The maximum atomic E-state index is 12.2. The average Bonchev–Trinajstić information content (AvgIpc) is 3.15. The topological polar surface area (TPSA) is 79.5 Å². The van der Waals surface area contributed by atoms with Gasteiger partial charge in [0.15, 0.2) is 0 Å². The number of carbonyl (C=O) groups is 2. The van der Waals surface area contributed by atoms with Crippen LogP contribution in [0.3, 0.4) is 0 Å². The van der Waals surface area contributed by atoms with Crippen LogP contribution in [0.1, 0.15) is 31.2 Å². The second kappa shape index (κ2) is 8.26. The predicted molar refractivity (Wildman–Crippen MR) is 91.5 cm³/mol. The molecule has 3 rings (SSSR count). The predicted octanol–water partition coefficient (Wildman–Crippen LogP) is 1.42. The lowest BCUT2D eigenvalue weighted by Crippen LogP contribution is -2.37. The summed E-state index contributed by atoms with van der Waals surface area (Å²) in [6.07, 6.45) is 3.15. The molecule has 1 aromatic rings. The van der Waals surface area contributed by atoms with Crippen molar-refractivity contribution < 1.29 is 14.3 Å². The molecule has 2 saturated heterocycles. The molecule has 0 spiro atoms. The molecule has 2 fully saturated rings. The largest absolute Gasteiger partial charge is 0.368 e. The zero-order valence-electron chi connectivity index (χ0n) is 13.8. The van der Waals surface area contributed by atoms with Crippen molar-refractivity contribution in [3.05, 3.63) is 29.8 Å². The van der Waals surface area contributed by atoms with E-state index < -0.39 is 0 Å². The van der Waals surface area contributed by atoms with E-state index in [9.17, 15) is 9.59 Å². The van der Waals surface area contributed by atoms with E-state index in [1.165, 1.54) is 0 Å². The molecule has 0 aliphatic carbocycles. The lowest BCUT2D eigenvalue weighted by molar-refractivity contribution is -0.126. The van der Waals surface area contributed by atoms with Gasteiger partial charge in [-0.05, 0) is 56.5 Å². The van der Waals surface area contributed by atoms with Gasteiger partial charge in [-0.25, -0.2) is 0 Å². The number of amides is 2. The van der Waals surface area contributed by atoms with Gasteiger partial charge in [0.1, 0.15) is 6.10 Å². The molecule has 0 aromatic heterocycles. The summed E-state index contributed by atoms with van der Waals surface area (Å²) in [4.78, 5) is 24.3. The minimum absolute atomic E-state index is 0.0941. The first kappa shape index (κ1) is 16.9. The van der Waals surface area contributed by atoms with Crippen LogP contribution in [0.2, 0.25) is 0 Å². The Morgan fingerprint density at radius 2 is 2.00 bits per heavy atom. The Labute approximate surface area is 142 Å². The molecule has 0 saturated carbocycles. The van der Waals surface area contributed by atoms with Crippen molar-refractivity contribution in [3.8, 4) is 0 Å². The molecular formula is C18H25N3O3. The Morgan fingerprint density at radius 1 is 1.17 bits per heavy atom. The van der Waals surface area contributed by atoms with Crippen molar-refractivity contribution in [1.29, 1.82) is 0 Å². The van der Waals surface area contributed by atoms with Gasteiger partial charge in [0.05, 0.1) is 0 Å². The third-order valence-electron chi connectivity index (χ3n) is 4.59. The summed E-state index contributed by atoms with van der Waals surface area (Å²) < 4.78 is 5.39. The highest BCUT2D eigenvalue weighted by Gasteiger charge is 2.23. The van der Waals surface area contributed by atoms with Crippen molar-refractivity contribution in [3.63, 3.8) is 0 Å². The molecule has 24 heavy (non-hydrogen) atoms. The van der Waals surface area contributed by atoms with Gasteiger partial charge in [-0.1, -0.05) is 12.1 Å². The van der Waals surface area contributed by atoms with E-state index in [4.69, 9.17) is 4.74 Å². The van der Waals surface area contributed by atoms with Crippen molar-refractivity contribution in [2.45, 2.75) is 38.3 Å². The molecule has 2 amide bonds. The second-order valence-electron chi connectivity index (χ2n) is 6.43. The van der Waals surface area contributed by atoms with Gasteiger partial charge in [-0.15, -0.1) is 0 Å². The zero-order valence-corrected chi connectivity index (χ0v) is 13.8. The quantitative estimate of drug-likeness (QED) is 0.762. The van der Waals surface area contributed by atoms with Crippen molar-refractivity contribution in [1.82, 2.24) is 10.6 Å². The molecule has 3 N–H and O–H groups in total. The van der Waals surface area contributed by atoms with E-state index >= 15 is 0 Å². The fourth-order valence-electron chi connectivity index (χ4n) is 3.18. The van der Waals surface area contributed by atoms with Crippen LogP contribution in [0.4, 0.5) is 5.69 Å². The van der Waals surface area contributed by atoms with E-state index in [-0.39, 0.29) is 23.8 Å².